The summed E-state index contributed by atoms with van der Waals surface area (Å²) >= 11 is 0. The van der Waals surface area contributed by atoms with Crippen LogP contribution >= 0.6 is 0 Å². The SMILES string of the molecule is Cc1c(C(=O)Nc2ccc(Oc3ccnc4[nH]c(C(=O)N5CCC6(CC6)C5)cc34)cn2)c(=O)n(-c2ccc(F)cc2)n1C. The zero-order valence-corrected chi connectivity index (χ0v) is 23.6. The first-order chi connectivity index (χ1) is 20.7. The van der Waals surface area contributed by atoms with Crippen LogP contribution in [0.4, 0.5) is 10.2 Å². The second-order valence-electron chi connectivity index (χ2n) is 11.2. The Morgan fingerprint density at radius 3 is 2.56 bits per heavy atom. The van der Waals surface area contributed by atoms with Gasteiger partial charge in [0, 0.05) is 26.3 Å². The van der Waals surface area contributed by atoms with Crippen LogP contribution in [0.3, 0.4) is 0 Å². The molecule has 0 atom stereocenters. The van der Waals surface area contributed by atoms with Gasteiger partial charge in [-0.1, -0.05) is 0 Å². The molecule has 11 nitrogen and oxygen atoms in total. The van der Waals surface area contributed by atoms with Gasteiger partial charge in [0.05, 0.1) is 23.0 Å². The number of likely N-dealkylation sites (tertiary alicyclic amines) is 1. The molecule has 2 amide bonds. The Balaban J connectivity index is 1.07. The number of fused-ring (bicyclic) bond motifs is 1. The van der Waals surface area contributed by atoms with Crippen LogP contribution in [-0.2, 0) is 7.05 Å². The number of hydrogen-bond acceptors (Lipinski definition) is 6. The Hall–Kier alpha value is -5.26. The number of rotatable bonds is 6. The molecule has 2 fully saturated rings. The lowest BCUT2D eigenvalue weighted by molar-refractivity contribution is 0.0780. The molecule has 4 aromatic heterocycles. The van der Waals surface area contributed by atoms with E-state index in [0.29, 0.717) is 45.0 Å². The van der Waals surface area contributed by atoms with Crippen LogP contribution < -0.4 is 15.6 Å². The maximum absolute atomic E-state index is 13.4. The van der Waals surface area contributed by atoms with Gasteiger partial charge in [-0.3, -0.25) is 19.1 Å². The van der Waals surface area contributed by atoms with E-state index in [1.807, 2.05) is 4.90 Å². The van der Waals surface area contributed by atoms with Gasteiger partial charge in [-0.2, -0.15) is 0 Å². The highest BCUT2D eigenvalue weighted by atomic mass is 19.1. The van der Waals surface area contributed by atoms with Crippen molar-refractivity contribution >= 4 is 28.7 Å². The summed E-state index contributed by atoms with van der Waals surface area (Å²) in [6.45, 7) is 3.24. The number of aromatic amines is 1. The molecule has 1 spiro atoms. The second kappa shape index (κ2) is 9.93. The molecule has 5 aromatic rings. The van der Waals surface area contributed by atoms with E-state index in [-0.39, 0.29) is 17.3 Å². The molecule has 1 saturated carbocycles. The van der Waals surface area contributed by atoms with Gasteiger partial charge in [0.1, 0.15) is 40.0 Å². The normalized spacial score (nSPS) is 15.3. The number of hydrogen-bond donors (Lipinski definition) is 2. The molecule has 2 aliphatic rings. The molecule has 0 bridgehead atoms. The van der Waals surface area contributed by atoms with E-state index in [4.69, 9.17) is 4.74 Å². The van der Waals surface area contributed by atoms with Crippen LogP contribution in [-0.4, -0.2) is 54.1 Å². The molecular formula is C31H28FN7O4. The quantitative estimate of drug-likeness (QED) is 0.303. The Morgan fingerprint density at radius 2 is 1.86 bits per heavy atom. The third-order valence-electron chi connectivity index (χ3n) is 8.46. The van der Waals surface area contributed by atoms with Gasteiger partial charge in [-0.15, -0.1) is 0 Å². The van der Waals surface area contributed by atoms with Crippen molar-refractivity contribution in [1.29, 1.82) is 0 Å². The van der Waals surface area contributed by atoms with Crippen LogP contribution in [0.1, 0.15) is 45.8 Å². The van der Waals surface area contributed by atoms with Crippen molar-refractivity contribution < 1.29 is 18.7 Å². The number of anilines is 1. The number of carbonyl (C=O) groups excluding carboxylic acids is 2. The first kappa shape index (κ1) is 26.6. The summed E-state index contributed by atoms with van der Waals surface area (Å²) in [5, 5.41) is 3.33. The van der Waals surface area contributed by atoms with Crippen LogP contribution in [0, 0.1) is 18.2 Å². The molecule has 5 heterocycles. The van der Waals surface area contributed by atoms with Gasteiger partial charge in [-0.05, 0) is 80.1 Å². The van der Waals surface area contributed by atoms with Crippen molar-refractivity contribution in [3.05, 3.63) is 94.0 Å². The lowest BCUT2D eigenvalue weighted by atomic mass is 10.1. The summed E-state index contributed by atoms with van der Waals surface area (Å²) in [7, 11) is 1.65. The van der Waals surface area contributed by atoms with Crippen LogP contribution in [0.15, 0.2) is 65.7 Å². The Bertz CT molecular complexity index is 1950. The molecule has 43 heavy (non-hydrogen) atoms. The monoisotopic (exact) mass is 581 g/mol. The number of carbonyl (C=O) groups is 2. The lowest BCUT2D eigenvalue weighted by Gasteiger charge is -2.14. The first-order valence-electron chi connectivity index (χ1n) is 14.0. The molecule has 0 radical (unpaired) electrons. The number of aromatic nitrogens is 5. The summed E-state index contributed by atoms with van der Waals surface area (Å²) < 4.78 is 22.3. The van der Waals surface area contributed by atoms with E-state index in [1.54, 1.807) is 49.1 Å². The van der Waals surface area contributed by atoms with E-state index in [1.165, 1.54) is 48.0 Å². The molecule has 7 rings (SSSR count). The zero-order valence-electron chi connectivity index (χ0n) is 23.6. The fourth-order valence-electron chi connectivity index (χ4n) is 5.73. The standard InChI is InChI=1S/C31H28FN7O4/c1-18-26(30(42)39(37(18)2)20-5-3-19(32)4-6-20)28(40)36-25-8-7-21(16-34-25)43-24-9-13-33-27-22(24)15-23(35-27)29(41)38-14-12-31(17-38)10-11-31/h3-9,13,15-16H,10-12,14,17H2,1-2H3,(H,33,35)(H,34,36,40). The average molecular weight is 582 g/mol. The number of halogens is 1. The number of nitrogens with zero attached hydrogens (tertiary/aromatic N) is 5. The van der Waals surface area contributed by atoms with Crippen molar-refractivity contribution in [3.63, 3.8) is 0 Å². The highest BCUT2D eigenvalue weighted by molar-refractivity contribution is 6.04. The van der Waals surface area contributed by atoms with E-state index in [9.17, 15) is 18.8 Å². The Labute approximate surface area is 244 Å². The predicted octanol–water partition coefficient (Wildman–Crippen LogP) is 4.57. The van der Waals surface area contributed by atoms with Gasteiger partial charge in [-0.25, -0.2) is 19.0 Å². The summed E-state index contributed by atoms with van der Waals surface area (Å²) in [5.41, 5.74) is 1.65. The Kier molecular flexibility index (Phi) is 6.15. The molecule has 1 saturated heterocycles. The van der Waals surface area contributed by atoms with E-state index < -0.39 is 17.3 Å². The van der Waals surface area contributed by atoms with E-state index in [2.05, 4.69) is 20.3 Å². The highest BCUT2D eigenvalue weighted by Crippen LogP contribution is 2.52. The third kappa shape index (κ3) is 4.74. The molecule has 218 valence electrons. The van der Waals surface area contributed by atoms with Crippen molar-refractivity contribution in [2.45, 2.75) is 26.2 Å². The maximum atomic E-state index is 13.4. The number of benzene rings is 1. The fourth-order valence-corrected chi connectivity index (χ4v) is 5.73. The second-order valence-corrected chi connectivity index (χ2v) is 11.2. The molecule has 1 aliphatic heterocycles. The number of nitrogens with one attached hydrogen (secondary N) is 2. The van der Waals surface area contributed by atoms with E-state index >= 15 is 0 Å². The zero-order chi connectivity index (χ0) is 29.9. The largest absolute Gasteiger partial charge is 0.455 e. The summed E-state index contributed by atoms with van der Waals surface area (Å²) in [5.74, 6) is 0.0503. The molecule has 12 heteroatoms. The number of H-pyrrole nitrogens is 1. The molecule has 0 unspecified atom stereocenters. The number of pyridine rings is 2. The molecule has 1 aliphatic carbocycles. The van der Waals surface area contributed by atoms with Crippen LogP contribution in [0.25, 0.3) is 16.7 Å². The Morgan fingerprint density at radius 1 is 1.07 bits per heavy atom. The van der Waals surface area contributed by atoms with Crippen molar-refractivity contribution in [3.8, 4) is 17.2 Å². The minimum atomic E-state index is -0.619. The minimum absolute atomic E-state index is 0.0347. The van der Waals surface area contributed by atoms with Gasteiger partial charge in [0.15, 0.2) is 0 Å². The molecular weight excluding hydrogens is 553 g/mol. The van der Waals surface area contributed by atoms with Crippen LogP contribution in [0.5, 0.6) is 11.5 Å². The van der Waals surface area contributed by atoms with Crippen molar-refractivity contribution in [1.82, 2.24) is 29.2 Å². The highest BCUT2D eigenvalue weighted by Gasteiger charge is 2.49. The smallest absolute Gasteiger partial charge is 0.284 e. The lowest BCUT2D eigenvalue weighted by Crippen LogP contribution is -2.29. The molecule has 1 aromatic carbocycles. The van der Waals surface area contributed by atoms with Gasteiger partial charge < -0.3 is 19.9 Å². The summed E-state index contributed by atoms with van der Waals surface area (Å²) in [6.07, 6.45) is 6.51. The van der Waals surface area contributed by atoms with Gasteiger partial charge in [0.2, 0.25) is 0 Å². The topological polar surface area (TPSA) is 127 Å². The number of ether oxygens (including phenoxy) is 1. The van der Waals surface area contributed by atoms with Gasteiger partial charge >= 0.3 is 0 Å². The summed E-state index contributed by atoms with van der Waals surface area (Å²) in [4.78, 5) is 53.1. The summed E-state index contributed by atoms with van der Waals surface area (Å²) in [6, 6.07) is 12.1. The molecule has 2 N–H and O–H groups in total. The van der Waals surface area contributed by atoms with Crippen LogP contribution in [0.2, 0.25) is 0 Å². The maximum Gasteiger partial charge on any atom is 0.284 e. The predicted molar refractivity (Wildman–Crippen MR) is 156 cm³/mol. The van der Waals surface area contributed by atoms with Gasteiger partial charge in [0.25, 0.3) is 17.4 Å². The third-order valence-corrected chi connectivity index (χ3v) is 8.46. The number of amides is 2. The fraction of sp³-hybridized carbons (Fsp3) is 0.258. The van der Waals surface area contributed by atoms with E-state index in [0.717, 1.165) is 19.5 Å². The van der Waals surface area contributed by atoms with Crippen molar-refractivity contribution in [2.24, 2.45) is 12.5 Å². The first-order valence-corrected chi connectivity index (χ1v) is 14.0. The minimum Gasteiger partial charge on any atom is -0.455 e. The van der Waals surface area contributed by atoms with Crippen molar-refractivity contribution in [2.75, 3.05) is 18.4 Å². The average Bonchev–Trinajstić information content (AvgIpc) is 3.31.